The second-order valence-electron chi connectivity index (χ2n) is 5.96. The first-order valence-electron chi connectivity index (χ1n) is 8.87. The molecule has 0 atom stereocenters. The number of nitrogens with zero attached hydrogens (tertiary/aromatic N) is 1. The van der Waals surface area contributed by atoms with Gasteiger partial charge in [0.1, 0.15) is 0 Å². The third-order valence-corrected chi connectivity index (χ3v) is 4.05. The maximum atomic E-state index is 12.3. The molecule has 2 rings (SSSR count). The molecule has 6 heteroatoms. The molecule has 0 aromatic heterocycles. The highest BCUT2D eigenvalue weighted by Crippen LogP contribution is 2.13. The second-order valence-corrected chi connectivity index (χ2v) is 5.96. The van der Waals surface area contributed by atoms with E-state index in [4.69, 9.17) is 4.74 Å². The van der Waals surface area contributed by atoms with Gasteiger partial charge in [0.05, 0.1) is 6.42 Å². The molecule has 2 aromatic carbocycles. The highest BCUT2D eigenvalue weighted by Gasteiger charge is 2.16. The lowest BCUT2D eigenvalue weighted by Gasteiger charge is -2.20. The van der Waals surface area contributed by atoms with E-state index in [1.807, 2.05) is 56.3 Å². The number of anilines is 1. The molecule has 0 aliphatic rings. The van der Waals surface area contributed by atoms with Crippen molar-refractivity contribution < 1.29 is 19.1 Å². The molecule has 2 aromatic rings. The number of likely N-dealkylation sites (N-methyl/N-ethyl adjacent to an activating group) is 1. The van der Waals surface area contributed by atoms with Crippen molar-refractivity contribution in [2.75, 3.05) is 24.6 Å². The topological polar surface area (TPSA) is 75.7 Å². The molecule has 0 aliphatic carbocycles. The number of rotatable bonds is 8. The lowest BCUT2D eigenvalue weighted by atomic mass is 10.1. The first kappa shape index (κ1) is 20.2. The smallest absolute Gasteiger partial charge is 0.308 e. The number of esters is 1. The number of para-hydroxylation sites is 1. The molecule has 0 aliphatic heterocycles. The van der Waals surface area contributed by atoms with E-state index in [1.165, 1.54) is 0 Å². The van der Waals surface area contributed by atoms with Gasteiger partial charge in [-0.05, 0) is 37.6 Å². The van der Waals surface area contributed by atoms with Crippen molar-refractivity contribution in [3.8, 4) is 0 Å². The van der Waals surface area contributed by atoms with E-state index >= 15 is 0 Å². The first-order chi connectivity index (χ1) is 13.0. The van der Waals surface area contributed by atoms with E-state index in [9.17, 15) is 14.4 Å². The average molecular weight is 368 g/mol. The van der Waals surface area contributed by atoms with Gasteiger partial charge in [-0.15, -0.1) is 0 Å². The molecule has 0 saturated carbocycles. The Kier molecular flexibility index (Phi) is 7.55. The molecule has 0 fully saturated rings. The van der Waals surface area contributed by atoms with Crippen molar-refractivity contribution in [3.63, 3.8) is 0 Å². The minimum atomic E-state index is -0.530. The van der Waals surface area contributed by atoms with Gasteiger partial charge < -0.3 is 15.0 Å². The SMILES string of the molecule is CCN(C(=O)COC(=O)CCNC(=O)c1ccccc1C)c1ccccc1. The van der Waals surface area contributed by atoms with E-state index < -0.39 is 5.97 Å². The van der Waals surface area contributed by atoms with Gasteiger partial charge in [0.15, 0.2) is 6.61 Å². The predicted molar refractivity (Wildman–Crippen MR) is 104 cm³/mol. The predicted octanol–water partition coefficient (Wildman–Crippen LogP) is 2.71. The van der Waals surface area contributed by atoms with Gasteiger partial charge >= 0.3 is 5.97 Å². The Hall–Kier alpha value is -3.15. The summed E-state index contributed by atoms with van der Waals surface area (Å²) in [6.07, 6.45) is 0.00234. The minimum Gasteiger partial charge on any atom is -0.455 e. The van der Waals surface area contributed by atoms with Crippen molar-refractivity contribution in [3.05, 3.63) is 65.7 Å². The number of hydrogen-bond acceptors (Lipinski definition) is 4. The fourth-order valence-electron chi connectivity index (χ4n) is 2.60. The molecule has 6 nitrogen and oxygen atoms in total. The van der Waals surface area contributed by atoms with Gasteiger partial charge in [-0.2, -0.15) is 0 Å². The molecule has 0 radical (unpaired) electrons. The number of carbonyl (C=O) groups is 3. The summed E-state index contributed by atoms with van der Waals surface area (Å²) < 4.78 is 5.04. The van der Waals surface area contributed by atoms with Crippen LogP contribution in [0.3, 0.4) is 0 Å². The van der Waals surface area contributed by atoms with Crippen LogP contribution in [0.25, 0.3) is 0 Å². The molecule has 0 spiro atoms. The lowest BCUT2D eigenvalue weighted by Crippen LogP contribution is -2.35. The molecular weight excluding hydrogens is 344 g/mol. The summed E-state index contributed by atoms with van der Waals surface area (Å²) in [5.74, 6) is -1.06. The van der Waals surface area contributed by atoms with Crippen LogP contribution >= 0.6 is 0 Å². The van der Waals surface area contributed by atoms with E-state index in [0.29, 0.717) is 12.1 Å². The van der Waals surface area contributed by atoms with Crippen LogP contribution in [0.1, 0.15) is 29.3 Å². The van der Waals surface area contributed by atoms with E-state index in [0.717, 1.165) is 11.3 Å². The Morgan fingerprint density at radius 1 is 1.00 bits per heavy atom. The van der Waals surface area contributed by atoms with Gasteiger partial charge in [0.25, 0.3) is 11.8 Å². The zero-order valence-corrected chi connectivity index (χ0v) is 15.6. The molecule has 0 saturated heterocycles. The van der Waals surface area contributed by atoms with Crippen LogP contribution in [0.2, 0.25) is 0 Å². The highest BCUT2D eigenvalue weighted by atomic mass is 16.5. The number of ether oxygens (including phenoxy) is 1. The van der Waals surface area contributed by atoms with Crippen LogP contribution in [0.5, 0.6) is 0 Å². The summed E-state index contributed by atoms with van der Waals surface area (Å²) in [5.41, 5.74) is 2.19. The number of amides is 2. The number of aryl methyl sites for hydroxylation is 1. The lowest BCUT2D eigenvalue weighted by molar-refractivity contribution is -0.147. The number of hydrogen-bond donors (Lipinski definition) is 1. The largest absolute Gasteiger partial charge is 0.455 e. The summed E-state index contributed by atoms with van der Waals surface area (Å²) in [6.45, 7) is 4.01. The van der Waals surface area contributed by atoms with E-state index in [1.54, 1.807) is 17.0 Å². The molecule has 0 bridgehead atoms. The fraction of sp³-hybridized carbons (Fsp3) is 0.286. The first-order valence-corrected chi connectivity index (χ1v) is 8.87. The van der Waals surface area contributed by atoms with Crippen molar-refractivity contribution in [2.24, 2.45) is 0 Å². The second kappa shape index (κ2) is 10.1. The van der Waals surface area contributed by atoms with E-state index in [-0.39, 0.29) is 31.4 Å². The van der Waals surface area contributed by atoms with Crippen LogP contribution in [0, 0.1) is 6.92 Å². The Morgan fingerprint density at radius 3 is 2.33 bits per heavy atom. The fourth-order valence-corrected chi connectivity index (χ4v) is 2.60. The standard InChI is InChI=1S/C21H24N2O4/c1-3-23(17-10-5-4-6-11-17)19(24)15-27-20(25)13-14-22-21(26)18-12-8-7-9-16(18)2/h4-12H,3,13-15H2,1-2H3,(H,22,26). The van der Waals surface area contributed by atoms with Crippen LogP contribution < -0.4 is 10.2 Å². The summed E-state index contributed by atoms with van der Waals surface area (Å²) in [5, 5.41) is 2.68. The van der Waals surface area contributed by atoms with Crippen LogP contribution in [0.4, 0.5) is 5.69 Å². The van der Waals surface area contributed by atoms with Crippen molar-refractivity contribution in [1.29, 1.82) is 0 Å². The molecule has 0 heterocycles. The number of carbonyl (C=O) groups excluding carboxylic acids is 3. The minimum absolute atomic E-state index is 0.00234. The zero-order valence-electron chi connectivity index (χ0n) is 15.6. The van der Waals surface area contributed by atoms with Crippen LogP contribution in [0.15, 0.2) is 54.6 Å². The third kappa shape index (κ3) is 5.95. The summed E-state index contributed by atoms with van der Waals surface area (Å²) in [6, 6.07) is 16.4. The van der Waals surface area contributed by atoms with Crippen LogP contribution in [-0.4, -0.2) is 37.5 Å². The van der Waals surface area contributed by atoms with Crippen LogP contribution in [-0.2, 0) is 14.3 Å². The normalized spacial score (nSPS) is 10.1. The quantitative estimate of drug-likeness (QED) is 0.727. The summed E-state index contributed by atoms with van der Waals surface area (Å²) >= 11 is 0. The molecule has 0 unspecified atom stereocenters. The summed E-state index contributed by atoms with van der Waals surface area (Å²) in [7, 11) is 0. The monoisotopic (exact) mass is 368 g/mol. The zero-order chi connectivity index (χ0) is 19.6. The van der Waals surface area contributed by atoms with Gasteiger partial charge in [-0.3, -0.25) is 14.4 Å². The van der Waals surface area contributed by atoms with Crippen molar-refractivity contribution >= 4 is 23.5 Å². The van der Waals surface area contributed by atoms with Gasteiger partial charge in [0, 0.05) is 24.3 Å². The highest BCUT2D eigenvalue weighted by molar-refractivity contribution is 5.96. The molecule has 27 heavy (non-hydrogen) atoms. The maximum Gasteiger partial charge on any atom is 0.308 e. The Labute approximate surface area is 159 Å². The molecule has 142 valence electrons. The molecule has 2 amide bonds. The number of benzene rings is 2. The Morgan fingerprint density at radius 2 is 1.67 bits per heavy atom. The van der Waals surface area contributed by atoms with E-state index in [2.05, 4.69) is 5.32 Å². The Bertz CT molecular complexity index is 790. The Balaban J connectivity index is 1.75. The maximum absolute atomic E-state index is 12.3. The van der Waals surface area contributed by atoms with Crippen molar-refractivity contribution in [2.45, 2.75) is 20.3 Å². The summed E-state index contributed by atoms with van der Waals surface area (Å²) in [4.78, 5) is 37.7. The van der Waals surface area contributed by atoms with Gasteiger partial charge in [0.2, 0.25) is 0 Å². The number of nitrogens with one attached hydrogen (secondary N) is 1. The third-order valence-electron chi connectivity index (χ3n) is 4.05. The van der Waals surface area contributed by atoms with Crippen molar-refractivity contribution in [1.82, 2.24) is 5.32 Å². The van der Waals surface area contributed by atoms with Gasteiger partial charge in [-0.25, -0.2) is 0 Å². The van der Waals surface area contributed by atoms with Gasteiger partial charge in [-0.1, -0.05) is 36.4 Å². The average Bonchev–Trinajstić information content (AvgIpc) is 2.68. The molecule has 1 N–H and O–H groups in total. The molecular formula is C21H24N2O4.